The molecule has 0 amide bonds. The van der Waals surface area contributed by atoms with Crippen molar-refractivity contribution in [3.63, 3.8) is 0 Å². The Kier molecular flexibility index (Phi) is 5.85. The summed E-state index contributed by atoms with van der Waals surface area (Å²) in [5.74, 6) is -0.122. The van der Waals surface area contributed by atoms with E-state index in [4.69, 9.17) is 0 Å². The van der Waals surface area contributed by atoms with Gasteiger partial charge in [0.2, 0.25) is 0 Å². The predicted octanol–water partition coefficient (Wildman–Crippen LogP) is 4.32. The van der Waals surface area contributed by atoms with Crippen molar-refractivity contribution < 1.29 is 4.39 Å². The minimum absolute atomic E-state index is 0.122. The number of alkyl halides is 1. The highest BCUT2D eigenvalue weighted by molar-refractivity contribution is 9.09. The highest BCUT2D eigenvalue weighted by Gasteiger charge is 1.95. The van der Waals surface area contributed by atoms with E-state index < -0.39 is 0 Å². The SMILES string of the molecule is Fc1cccc(CCCCCCBr)c1. The lowest BCUT2D eigenvalue weighted by atomic mass is 10.1. The molecular weight excluding hydrogens is 243 g/mol. The van der Waals surface area contributed by atoms with Gasteiger partial charge >= 0.3 is 0 Å². The Labute approximate surface area is 93.7 Å². The topological polar surface area (TPSA) is 0 Å². The fraction of sp³-hybridized carbons (Fsp3) is 0.500. The van der Waals surface area contributed by atoms with E-state index in [1.54, 1.807) is 12.1 Å². The van der Waals surface area contributed by atoms with Gasteiger partial charge in [-0.1, -0.05) is 40.9 Å². The van der Waals surface area contributed by atoms with E-state index in [0.717, 1.165) is 23.7 Å². The first-order valence-corrected chi connectivity index (χ1v) is 6.25. The van der Waals surface area contributed by atoms with Crippen LogP contribution in [-0.4, -0.2) is 5.33 Å². The number of unbranched alkanes of at least 4 members (excludes halogenated alkanes) is 3. The minimum Gasteiger partial charge on any atom is -0.207 e. The quantitative estimate of drug-likeness (QED) is 0.527. The third-order valence-electron chi connectivity index (χ3n) is 2.24. The largest absolute Gasteiger partial charge is 0.207 e. The molecule has 2 heteroatoms. The van der Waals surface area contributed by atoms with Crippen LogP contribution in [0.25, 0.3) is 0 Å². The lowest BCUT2D eigenvalue weighted by Gasteiger charge is -2.01. The van der Waals surface area contributed by atoms with Gasteiger partial charge in [-0.2, -0.15) is 0 Å². The molecule has 0 spiro atoms. The number of benzene rings is 1. The molecule has 0 aliphatic carbocycles. The van der Waals surface area contributed by atoms with Gasteiger partial charge < -0.3 is 0 Å². The second kappa shape index (κ2) is 6.99. The zero-order valence-electron chi connectivity index (χ0n) is 8.31. The summed E-state index contributed by atoms with van der Waals surface area (Å²) in [5, 5.41) is 1.09. The first-order chi connectivity index (χ1) is 6.83. The maximum absolute atomic E-state index is 12.8. The van der Waals surface area contributed by atoms with Crippen LogP contribution in [-0.2, 0) is 6.42 Å². The summed E-state index contributed by atoms with van der Waals surface area (Å²) in [6.45, 7) is 0. The van der Waals surface area contributed by atoms with Crippen LogP contribution in [0.5, 0.6) is 0 Å². The highest BCUT2D eigenvalue weighted by Crippen LogP contribution is 2.09. The second-order valence-corrected chi connectivity index (χ2v) is 4.28. The molecule has 0 radical (unpaired) electrons. The van der Waals surface area contributed by atoms with Gasteiger partial charge in [-0.05, 0) is 37.0 Å². The summed E-state index contributed by atoms with van der Waals surface area (Å²) in [5.41, 5.74) is 1.11. The van der Waals surface area contributed by atoms with Crippen molar-refractivity contribution in [1.29, 1.82) is 0 Å². The van der Waals surface area contributed by atoms with E-state index in [-0.39, 0.29) is 5.82 Å². The Bertz CT molecular complexity index is 260. The average molecular weight is 259 g/mol. The zero-order chi connectivity index (χ0) is 10.2. The van der Waals surface area contributed by atoms with Crippen LogP contribution in [0.1, 0.15) is 31.2 Å². The fourth-order valence-electron chi connectivity index (χ4n) is 1.47. The van der Waals surface area contributed by atoms with E-state index >= 15 is 0 Å². The molecule has 0 fully saturated rings. The molecule has 0 saturated carbocycles. The molecule has 0 atom stereocenters. The van der Waals surface area contributed by atoms with E-state index in [1.165, 1.54) is 25.3 Å². The number of aryl methyl sites for hydroxylation is 1. The molecule has 14 heavy (non-hydrogen) atoms. The lowest BCUT2D eigenvalue weighted by molar-refractivity contribution is 0.621. The minimum atomic E-state index is -0.122. The Balaban J connectivity index is 2.18. The van der Waals surface area contributed by atoms with E-state index in [9.17, 15) is 4.39 Å². The number of hydrogen-bond acceptors (Lipinski definition) is 0. The second-order valence-electron chi connectivity index (χ2n) is 3.48. The smallest absolute Gasteiger partial charge is 0.123 e. The molecule has 0 aromatic heterocycles. The first kappa shape index (κ1) is 11.7. The van der Waals surface area contributed by atoms with Crippen LogP contribution in [0, 0.1) is 5.82 Å². The van der Waals surface area contributed by atoms with E-state index in [1.807, 2.05) is 6.07 Å². The molecular formula is C12H16BrF. The van der Waals surface area contributed by atoms with E-state index in [2.05, 4.69) is 15.9 Å². The van der Waals surface area contributed by atoms with Crippen molar-refractivity contribution in [2.75, 3.05) is 5.33 Å². The van der Waals surface area contributed by atoms with Crippen molar-refractivity contribution >= 4 is 15.9 Å². The molecule has 1 aromatic carbocycles. The molecule has 0 aliphatic heterocycles. The molecule has 0 nitrogen and oxygen atoms in total. The molecule has 1 aromatic rings. The molecule has 0 unspecified atom stereocenters. The Morgan fingerprint density at radius 3 is 2.57 bits per heavy atom. The van der Waals surface area contributed by atoms with Crippen molar-refractivity contribution in [3.05, 3.63) is 35.6 Å². The number of rotatable bonds is 6. The third-order valence-corrected chi connectivity index (χ3v) is 2.80. The van der Waals surface area contributed by atoms with Gasteiger partial charge in [0, 0.05) is 5.33 Å². The van der Waals surface area contributed by atoms with Crippen molar-refractivity contribution in [2.24, 2.45) is 0 Å². The first-order valence-electron chi connectivity index (χ1n) is 5.13. The monoisotopic (exact) mass is 258 g/mol. The summed E-state index contributed by atoms with van der Waals surface area (Å²) in [4.78, 5) is 0. The summed E-state index contributed by atoms with van der Waals surface area (Å²) in [6.07, 6.45) is 5.91. The van der Waals surface area contributed by atoms with Crippen LogP contribution in [0.3, 0.4) is 0 Å². The predicted molar refractivity (Wildman–Crippen MR) is 62.4 cm³/mol. The number of halogens is 2. The Hall–Kier alpha value is -0.370. The summed E-state index contributed by atoms with van der Waals surface area (Å²) in [6, 6.07) is 6.90. The van der Waals surface area contributed by atoms with Crippen molar-refractivity contribution in [1.82, 2.24) is 0 Å². The van der Waals surface area contributed by atoms with Crippen LogP contribution in [0.4, 0.5) is 4.39 Å². The molecule has 0 saturated heterocycles. The van der Waals surface area contributed by atoms with Gasteiger partial charge in [-0.15, -0.1) is 0 Å². The van der Waals surface area contributed by atoms with Crippen LogP contribution in [0.15, 0.2) is 24.3 Å². The molecule has 0 heterocycles. The lowest BCUT2D eigenvalue weighted by Crippen LogP contribution is -1.87. The van der Waals surface area contributed by atoms with Gasteiger partial charge in [0.1, 0.15) is 5.82 Å². The normalized spacial score (nSPS) is 10.4. The molecule has 0 N–H and O–H groups in total. The van der Waals surface area contributed by atoms with Crippen molar-refractivity contribution in [2.45, 2.75) is 32.1 Å². The van der Waals surface area contributed by atoms with Gasteiger partial charge in [-0.25, -0.2) is 4.39 Å². The maximum atomic E-state index is 12.8. The zero-order valence-corrected chi connectivity index (χ0v) is 9.89. The molecule has 78 valence electrons. The summed E-state index contributed by atoms with van der Waals surface area (Å²) >= 11 is 3.41. The summed E-state index contributed by atoms with van der Waals surface area (Å²) < 4.78 is 12.8. The van der Waals surface area contributed by atoms with Crippen molar-refractivity contribution in [3.8, 4) is 0 Å². The number of hydrogen-bond donors (Lipinski definition) is 0. The maximum Gasteiger partial charge on any atom is 0.123 e. The van der Waals surface area contributed by atoms with Crippen LogP contribution in [0.2, 0.25) is 0 Å². The van der Waals surface area contributed by atoms with Crippen LogP contribution < -0.4 is 0 Å². The molecule has 1 rings (SSSR count). The molecule has 0 aliphatic rings. The average Bonchev–Trinajstić information content (AvgIpc) is 2.18. The van der Waals surface area contributed by atoms with Gasteiger partial charge in [0.15, 0.2) is 0 Å². The van der Waals surface area contributed by atoms with Gasteiger partial charge in [-0.3, -0.25) is 0 Å². The van der Waals surface area contributed by atoms with Gasteiger partial charge in [0.25, 0.3) is 0 Å². The fourth-order valence-corrected chi connectivity index (χ4v) is 1.87. The Morgan fingerprint density at radius 2 is 1.86 bits per heavy atom. The highest BCUT2D eigenvalue weighted by atomic mass is 79.9. The van der Waals surface area contributed by atoms with E-state index in [0.29, 0.717) is 0 Å². The van der Waals surface area contributed by atoms with Crippen LogP contribution >= 0.6 is 15.9 Å². The Morgan fingerprint density at radius 1 is 1.07 bits per heavy atom. The standard InChI is InChI=1S/C12H16BrF/c13-9-4-2-1-3-6-11-7-5-8-12(14)10-11/h5,7-8,10H,1-4,6,9H2. The molecule has 0 bridgehead atoms. The van der Waals surface area contributed by atoms with Gasteiger partial charge in [0.05, 0.1) is 0 Å². The summed E-state index contributed by atoms with van der Waals surface area (Å²) in [7, 11) is 0. The third kappa shape index (κ3) is 4.75.